The second kappa shape index (κ2) is 8.87. The van der Waals surface area contributed by atoms with E-state index in [9.17, 15) is 9.59 Å². The monoisotopic (exact) mass is 325 g/mol. The van der Waals surface area contributed by atoms with Gasteiger partial charge < -0.3 is 10.1 Å². The molecule has 0 fully saturated rings. The predicted octanol–water partition coefficient (Wildman–Crippen LogP) is 3.82. The van der Waals surface area contributed by atoms with Crippen LogP contribution in [0.1, 0.15) is 37.0 Å². The van der Waals surface area contributed by atoms with Crippen LogP contribution in [0.4, 0.5) is 0 Å². The van der Waals surface area contributed by atoms with Gasteiger partial charge in [-0.1, -0.05) is 61.9 Å². The van der Waals surface area contributed by atoms with Crippen LogP contribution >= 0.6 is 0 Å². The van der Waals surface area contributed by atoms with E-state index in [0.717, 1.165) is 24.0 Å². The number of hydrogen-bond donors (Lipinski definition) is 1. The summed E-state index contributed by atoms with van der Waals surface area (Å²) >= 11 is 0. The van der Waals surface area contributed by atoms with E-state index in [1.165, 1.54) is 0 Å². The molecule has 0 aliphatic heterocycles. The first-order valence-corrected chi connectivity index (χ1v) is 8.22. The van der Waals surface area contributed by atoms with Crippen molar-refractivity contribution in [2.75, 3.05) is 6.61 Å². The fraction of sp³-hybridized carbons (Fsp3) is 0.300. The molecule has 24 heavy (non-hydrogen) atoms. The van der Waals surface area contributed by atoms with E-state index in [4.69, 9.17) is 4.74 Å². The lowest BCUT2D eigenvalue weighted by Crippen LogP contribution is -2.35. The first-order valence-electron chi connectivity index (χ1n) is 8.22. The van der Waals surface area contributed by atoms with E-state index in [0.29, 0.717) is 5.56 Å². The summed E-state index contributed by atoms with van der Waals surface area (Å²) in [6.45, 7) is 3.73. The largest absolute Gasteiger partial charge is 0.452 e. The Morgan fingerprint density at radius 2 is 1.71 bits per heavy atom. The van der Waals surface area contributed by atoms with Crippen molar-refractivity contribution in [2.45, 2.75) is 32.7 Å². The molecule has 2 rings (SSSR count). The van der Waals surface area contributed by atoms with Crippen molar-refractivity contribution < 1.29 is 14.3 Å². The number of rotatable bonds is 7. The summed E-state index contributed by atoms with van der Waals surface area (Å²) in [5.74, 6) is -0.769. The van der Waals surface area contributed by atoms with Crippen molar-refractivity contribution in [1.82, 2.24) is 5.32 Å². The molecule has 2 aromatic rings. The summed E-state index contributed by atoms with van der Waals surface area (Å²) in [5.41, 5.74) is 2.19. The van der Waals surface area contributed by atoms with E-state index in [1.807, 2.05) is 49.4 Å². The molecular formula is C20H23NO3. The van der Waals surface area contributed by atoms with Crippen LogP contribution < -0.4 is 5.32 Å². The molecular weight excluding hydrogens is 302 g/mol. The second-order valence-corrected chi connectivity index (χ2v) is 5.74. The smallest absolute Gasteiger partial charge is 0.339 e. The molecule has 0 aliphatic rings. The standard InChI is InChI=1S/C20H23NO3/c1-3-9-15(2)21-19(22)14-24-20(23)18-13-8-7-12-17(18)16-10-5-4-6-11-16/h4-8,10-13,15H,3,9,14H2,1-2H3,(H,21,22)/t15-/m1/s1. The van der Waals surface area contributed by atoms with Gasteiger partial charge in [0.15, 0.2) is 6.61 Å². The van der Waals surface area contributed by atoms with Gasteiger partial charge in [0.1, 0.15) is 0 Å². The summed E-state index contributed by atoms with van der Waals surface area (Å²) in [7, 11) is 0. The summed E-state index contributed by atoms with van der Waals surface area (Å²) < 4.78 is 5.18. The topological polar surface area (TPSA) is 55.4 Å². The summed E-state index contributed by atoms with van der Waals surface area (Å²) in [4.78, 5) is 24.2. The maximum Gasteiger partial charge on any atom is 0.339 e. The fourth-order valence-electron chi connectivity index (χ4n) is 2.56. The molecule has 0 aliphatic carbocycles. The first-order chi connectivity index (χ1) is 11.6. The zero-order chi connectivity index (χ0) is 17.4. The quantitative estimate of drug-likeness (QED) is 0.788. The number of carbonyl (C=O) groups excluding carboxylic acids is 2. The number of esters is 1. The van der Waals surface area contributed by atoms with Gasteiger partial charge in [0, 0.05) is 6.04 Å². The van der Waals surface area contributed by atoms with Crippen LogP contribution in [-0.2, 0) is 9.53 Å². The van der Waals surface area contributed by atoms with Crippen LogP contribution in [0.2, 0.25) is 0 Å². The average molecular weight is 325 g/mol. The van der Waals surface area contributed by atoms with Gasteiger partial charge in [-0.15, -0.1) is 0 Å². The van der Waals surface area contributed by atoms with Gasteiger partial charge >= 0.3 is 5.97 Å². The van der Waals surface area contributed by atoms with Gasteiger partial charge in [-0.25, -0.2) is 4.79 Å². The highest BCUT2D eigenvalue weighted by Crippen LogP contribution is 2.23. The van der Waals surface area contributed by atoms with Crippen LogP contribution in [0.5, 0.6) is 0 Å². The van der Waals surface area contributed by atoms with E-state index in [-0.39, 0.29) is 18.6 Å². The molecule has 126 valence electrons. The van der Waals surface area contributed by atoms with Gasteiger partial charge in [0.2, 0.25) is 0 Å². The Hall–Kier alpha value is -2.62. The number of hydrogen-bond acceptors (Lipinski definition) is 3. The van der Waals surface area contributed by atoms with Crippen LogP contribution in [0, 0.1) is 0 Å². The third-order valence-electron chi connectivity index (χ3n) is 3.70. The predicted molar refractivity (Wildman–Crippen MR) is 94.7 cm³/mol. The molecule has 0 spiro atoms. The van der Waals surface area contributed by atoms with Gasteiger partial charge in [0.05, 0.1) is 5.56 Å². The summed E-state index contributed by atoms with van der Waals surface area (Å²) in [6, 6.07) is 16.9. The number of ether oxygens (including phenoxy) is 1. The van der Waals surface area contributed by atoms with Crippen molar-refractivity contribution in [1.29, 1.82) is 0 Å². The Morgan fingerprint density at radius 3 is 2.42 bits per heavy atom. The summed E-state index contributed by atoms with van der Waals surface area (Å²) in [6.07, 6.45) is 1.89. The molecule has 1 atom stereocenters. The Bertz CT molecular complexity index is 682. The van der Waals surface area contributed by atoms with E-state index in [1.54, 1.807) is 12.1 Å². The Labute approximate surface area is 142 Å². The van der Waals surface area contributed by atoms with Crippen molar-refractivity contribution >= 4 is 11.9 Å². The highest BCUT2D eigenvalue weighted by molar-refractivity contribution is 5.98. The van der Waals surface area contributed by atoms with Crippen molar-refractivity contribution in [2.24, 2.45) is 0 Å². The molecule has 4 heteroatoms. The van der Waals surface area contributed by atoms with Gasteiger partial charge in [0.25, 0.3) is 5.91 Å². The zero-order valence-electron chi connectivity index (χ0n) is 14.1. The molecule has 0 heterocycles. The number of amides is 1. The van der Waals surface area contributed by atoms with Gasteiger partial charge in [-0.05, 0) is 30.5 Å². The minimum atomic E-state index is -0.493. The molecule has 1 N–H and O–H groups in total. The highest BCUT2D eigenvalue weighted by Gasteiger charge is 2.15. The number of nitrogens with one attached hydrogen (secondary N) is 1. The van der Waals surface area contributed by atoms with E-state index < -0.39 is 5.97 Å². The summed E-state index contributed by atoms with van der Waals surface area (Å²) in [5, 5.41) is 2.82. The lowest BCUT2D eigenvalue weighted by atomic mass is 10.00. The van der Waals surface area contributed by atoms with E-state index >= 15 is 0 Å². The Kier molecular flexibility index (Phi) is 6.55. The molecule has 0 unspecified atom stereocenters. The minimum Gasteiger partial charge on any atom is -0.452 e. The van der Waals surface area contributed by atoms with Gasteiger partial charge in [-0.2, -0.15) is 0 Å². The first kappa shape index (κ1) is 17.7. The zero-order valence-corrected chi connectivity index (χ0v) is 14.1. The lowest BCUT2D eigenvalue weighted by Gasteiger charge is -2.13. The van der Waals surface area contributed by atoms with Crippen molar-refractivity contribution in [3.05, 3.63) is 60.2 Å². The molecule has 2 aromatic carbocycles. The molecule has 1 amide bonds. The SMILES string of the molecule is CCC[C@@H](C)NC(=O)COC(=O)c1ccccc1-c1ccccc1. The van der Waals surface area contributed by atoms with Crippen LogP contribution in [-0.4, -0.2) is 24.5 Å². The lowest BCUT2D eigenvalue weighted by molar-refractivity contribution is -0.124. The van der Waals surface area contributed by atoms with Crippen LogP contribution in [0.3, 0.4) is 0 Å². The molecule has 0 aromatic heterocycles. The number of carbonyl (C=O) groups is 2. The Morgan fingerprint density at radius 1 is 1.04 bits per heavy atom. The molecule has 0 saturated carbocycles. The second-order valence-electron chi connectivity index (χ2n) is 5.74. The highest BCUT2D eigenvalue weighted by atomic mass is 16.5. The third-order valence-corrected chi connectivity index (χ3v) is 3.70. The average Bonchev–Trinajstić information content (AvgIpc) is 2.60. The molecule has 0 bridgehead atoms. The number of benzene rings is 2. The molecule has 4 nitrogen and oxygen atoms in total. The van der Waals surface area contributed by atoms with Crippen molar-refractivity contribution in [3.63, 3.8) is 0 Å². The fourth-order valence-corrected chi connectivity index (χ4v) is 2.56. The third kappa shape index (κ3) is 4.95. The van der Waals surface area contributed by atoms with E-state index in [2.05, 4.69) is 12.2 Å². The molecule has 0 radical (unpaired) electrons. The maximum atomic E-state index is 12.4. The van der Waals surface area contributed by atoms with Crippen LogP contribution in [0.15, 0.2) is 54.6 Å². The van der Waals surface area contributed by atoms with Gasteiger partial charge in [-0.3, -0.25) is 4.79 Å². The Balaban J connectivity index is 2.02. The van der Waals surface area contributed by atoms with Crippen molar-refractivity contribution in [3.8, 4) is 11.1 Å². The molecule has 0 saturated heterocycles. The minimum absolute atomic E-state index is 0.0813. The maximum absolute atomic E-state index is 12.4. The normalized spacial score (nSPS) is 11.6. The van der Waals surface area contributed by atoms with Crippen LogP contribution in [0.25, 0.3) is 11.1 Å².